The maximum absolute atomic E-state index is 12.0. The van der Waals surface area contributed by atoms with Crippen LogP contribution in [0.3, 0.4) is 0 Å². The molecule has 0 fully saturated rings. The van der Waals surface area contributed by atoms with Gasteiger partial charge in [0, 0.05) is 43.1 Å². The molecule has 112 valence electrons. The highest BCUT2D eigenvalue weighted by atomic mass is 79.9. The number of hydrogen-bond donors (Lipinski definition) is 1. The summed E-state index contributed by atoms with van der Waals surface area (Å²) in [7, 11) is 4.68. The lowest BCUT2D eigenvalue weighted by Crippen LogP contribution is -2.38. The van der Waals surface area contributed by atoms with Crippen LogP contribution in [0.1, 0.15) is 5.56 Å². The summed E-state index contributed by atoms with van der Waals surface area (Å²) < 4.78 is 8.54. The Bertz CT molecular complexity index is 780. The molecule has 0 aliphatic carbocycles. The molecule has 7 heteroatoms. The van der Waals surface area contributed by atoms with Gasteiger partial charge in [-0.2, -0.15) is 0 Å². The van der Waals surface area contributed by atoms with Crippen LogP contribution in [0.2, 0.25) is 0 Å². The van der Waals surface area contributed by atoms with E-state index in [1.54, 1.807) is 20.4 Å². The molecule has 1 N–H and O–H groups in total. The van der Waals surface area contributed by atoms with E-state index in [0.717, 1.165) is 14.7 Å². The predicted molar refractivity (Wildman–Crippen MR) is 84.9 cm³/mol. The average Bonchev–Trinajstić information content (AvgIpc) is 2.46. The fraction of sp³-hybridized carbons (Fsp3) is 0.286. The third-order valence-corrected chi connectivity index (χ3v) is 3.57. The number of aryl methyl sites for hydroxylation is 1. The van der Waals surface area contributed by atoms with E-state index < -0.39 is 0 Å². The van der Waals surface area contributed by atoms with E-state index in [9.17, 15) is 9.59 Å². The third-order valence-electron chi connectivity index (χ3n) is 3.11. The van der Waals surface area contributed by atoms with Gasteiger partial charge >= 0.3 is 5.69 Å². The van der Waals surface area contributed by atoms with Gasteiger partial charge in [0.15, 0.2) is 0 Å². The van der Waals surface area contributed by atoms with Gasteiger partial charge in [-0.25, -0.2) is 4.79 Å². The molecule has 0 saturated heterocycles. The first kappa shape index (κ1) is 15.4. The first-order valence-electron chi connectivity index (χ1n) is 6.26. The highest BCUT2D eigenvalue weighted by molar-refractivity contribution is 9.10. The summed E-state index contributed by atoms with van der Waals surface area (Å²) in [5, 5.41) is 3.15. The average molecular weight is 354 g/mol. The molecule has 0 unspecified atom stereocenters. The number of rotatable bonds is 4. The van der Waals surface area contributed by atoms with Gasteiger partial charge in [0.25, 0.3) is 5.56 Å². The first-order chi connectivity index (χ1) is 9.92. The van der Waals surface area contributed by atoms with Crippen molar-refractivity contribution in [1.29, 1.82) is 0 Å². The van der Waals surface area contributed by atoms with E-state index in [1.807, 2.05) is 18.2 Å². The zero-order valence-corrected chi connectivity index (χ0v) is 13.6. The number of hydrogen-bond acceptors (Lipinski definition) is 4. The number of nitrogens with one attached hydrogen (secondary N) is 1. The molecular formula is C14H16BrN3O3. The highest BCUT2D eigenvalue weighted by Gasteiger charge is 2.07. The predicted octanol–water partition coefficient (Wildman–Crippen LogP) is 1.47. The molecule has 0 saturated carbocycles. The van der Waals surface area contributed by atoms with Crippen LogP contribution in [0, 0.1) is 0 Å². The molecule has 1 aromatic heterocycles. The molecule has 0 amide bonds. The fourth-order valence-electron chi connectivity index (χ4n) is 1.98. The molecule has 2 aromatic rings. The number of benzene rings is 1. The van der Waals surface area contributed by atoms with Crippen LogP contribution in [0.25, 0.3) is 0 Å². The van der Waals surface area contributed by atoms with Crippen molar-refractivity contribution in [2.45, 2.75) is 6.54 Å². The SMILES string of the molecule is COc1cc(Br)cc(NCc2cn(C)c(=O)n(C)c2=O)c1. The van der Waals surface area contributed by atoms with Gasteiger partial charge in [-0.05, 0) is 12.1 Å². The number of methoxy groups -OCH3 is 1. The standard InChI is InChI=1S/C14H16BrN3O3/c1-17-8-9(13(19)18(2)14(17)20)7-16-11-4-10(15)5-12(6-11)21-3/h4-6,8,16H,7H2,1-3H3. The van der Waals surface area contributed by atoms with Crippen molar-refractivity contribution in [2.75, 3.05) is 12.4 Å². The molecular weight excluding hydrogens is 338 g/mol. The minimum Gasteiger partial charge on any atom is -0.497 e. The summed E-state index contributed by atoms with van der Waals surface area (Å²) in [6.07, 6.45) is 1.55. The van der Waals surface area contributed by atoms with Crippen molar-refractivity contribution < 1.29 is 4.74 Å². The van der Waals surface area contributed by atoms with E-state index in [1.165, 1.54) is 11.6 Å². The Morgan fingerprint density at radius 2 is 1.95 bits per heavy atom. The maximum Gasteiger partial charge on any atom is 0.330 e. The minimum atomic E-state index is -0.340. The second-order valence-corrected chi connectivity index (χ2v) is 5.56. The summed E-state index contributed by atoms with van der Waals surface area (Å²) in [4.78, 5) is 23.7. The Labute approximate surface area is 130 Å². The molecule has 2 rings (SSSR count). The van der Waals surface area contributed by atoms with Crippen LogP contribution < -0.4 is 21.3 Å². The molecule has 0 bridgehead atoms. The van der Waals surface area contributed by atoms with E-state index in [0.29, 0.717) is 17.9 Å². The van der Waals surface area contributed by atoms with Crippen molar-refractivity contribution >= 4 is 21.6 Å². The maximum atomic E-state index is 12.0. The van der Waals surface area contributed by atoms with Crippen LogP contribution in [0.4, 0.5) is 5.69 Å². The lowest BCUT2D eigenvalue weighted by Gasteiger charge is -2.10. The summed E-state index contributed by atoms with van der Waals surface area (Å²) in [6, 6.07) is 5.56. The molecule has 1 heterocycles. The fourth-order valence-corrected chi connectivity index (χ4v) is 2.46. The van der Waals surface area contributed by atoms with Gasteiger partial charge in [0.1, 0.15) is 5.75 Å². The quantitative estimate of drug-likeness (QED) is 0.903. The van der Waals surface area contributed by atoms with Gasteiger partial charge in [0.05, 0.1) is 12.7 Å². The van der Waals surface area contributed by atoms with E-state index in [2.05, 4.69) is 21.2 Å². The molecule has 0 atom stereocenters. The number of nitrogens with zero attached hydrogens (tertiary/aromatic N) is 2. The Hall–Kier alpha value is -2.02. The summed E-state index contributed by atoms with van der Waals surface area (Å²) in [5.41, 5.74) is 0.691. The van der Waals surface area contributed by atoms with Crippen molar-refractivity contribution in [3.05, 3.63) is 55.3 Å². The smallest absolute Gasteiger partial charge is 0.330 e. The van der Waals surface area contributed by atoms with Gasteiger partial charge in [0.2, 0.25) is 0 Å². The first-order valence-corrected chi connectivity index (χ1v) is 7.05. The summed E-state index contributed by atoms with van der Waals surface area (Å²) in [5.74, 6) is 0.709. The Kier molecular flexibility index (Phi) is 4.52. The number of halogens is 1. The van der Waals surface area contributed by atoms with Crippen molar-refractivity contribution in [1.82, 2.24) is 9.13 Å². The lowest BCUT2D eigenvalue weighted by molar-refractivity contribution is 0.414. The largest absolute Gasteiger partial charge is 0.497 e. The summed E-state index contributed by atoms with van der Waals surface area (Å²) in [6.45, 7) is 0.320. The Morgan fingerprint density at radius 3 is 2.62 bits per heavy atom. The lowest BCUT2D eigenvalue weighted by atomic mass is 10.2. The topological polar surface area (TPSA) is 65.3 Å². The van der Waals surface area contributed by atoms with Crippen LogP contribution in [-0.2, 0) is 20.6 Å². The molecule has 1 aromatic carbocycles. The van der Waals surface area contributed by atoms with Gasteiger partial charge in [-0.1, -0.05) is 15.9 Å². The van der Waals surface area contributed by atoms with Crippen LogP contribution in [-0.4, -0.2) is 16.2 Å². The zero-order valence-electron chi connectivity index (χ0n) is 12.0. The molecule has 6 nitrogen and oxygen atoms in total. The minimum absolute atomic E-state index is 0.299. The third kappa shape index (κ3) is 3.36. The van der Waals surface area contributed by atoms with Crippen LogP contribution in [0.5, 0.6) is 5.75 Å². The Morgan fingerprint density at radius 1 is 1.24 bits per heavy atom. The van der Waals surface area contributed by atoms with Crippen LogP contribution >= 0.6 is 15.9 Å². The molecule has 21 heavy (non-hydrogen) atoms. The Balaban J connectivity index is 2.27. The monoisotopic (exact) mass is 353 g/mol. The number of anilines is 1. The van der Waals surface area contributed by atoms with Crippen molar-refractivity contribution in [3.8, 4) is 5.75 Å². The van der Waals surface area contributed by atoms with E-state index in [-0.39, 0.29) is 11.2 Å². The van der Waals surface area contributed by atoms with E-state index >= 15 is 0 Å². The van der Waals surface area contributed by atoms with Crippen molar-refractivity contribution in [3.63, 3.8) is 0 Å². The highest BCUT2D eigenvalue weighted by Crippen LogP contribution is 2.24. The van der Waals surface area contributed by atoms with Crippen LogP contribution in [0.15, 0.2) is 38.5 Å². The van der Waals surface area contributed by atoms with Gasteiger partial charge in [-0.15, -0.1) is 0 Å². The molecule has 0 aliphatic rings. The molecule has 0 aliphatic heterocycles. The second-order valence-electron chi connectivity index (χ2n) is 4.65. The van der Waals surface area contributed by atoms with Gasteiger partial charge < -0.3 is 14.6 Å². The van der Waals surface area contributed by atoms with Crippen molar-refractivity contribution in [2.24, 2.45) is 14.1 Å². The van der Waals surface area contributed by atoms with Gasteiger partial charge in [-0.3, -0.25) is 9.36 Å². The second kappa shape index (κ2) is 6.17. The molecule has 0 radical (unpaired) electrons. The number of aromatic nitrogens is 2. The number of ether oxygens (including phenoxy) is 1. The summed E-state index contributed by atoms with van der Waals surface area (Å²) >= 11 is 3.40. The van der Waals surface area contributed by atoms with E-state index in [4.69, 9.17) is 4.74 Å². The normalized spacial score (nSPS) is 10.5. The zero-order chi connectivity index (χ0) is 15.6. The molecule has 0 spiro atoms.